The second kappa shape index (κ2) is 6.20. The summed E-state index contributed by atoms with van der Waals surface area (Å²) in [6.45, 7) is 10.8. The van der Waals surface area contributed by atoms with E-state index in [1.807, 2.05) is 26.0 Å². The first kappa shape index (κ1) is 15.7. The van der Waals surface area contributed by atoms with Gasteiger partial charge in [0.05, 0.1) is 5.92 Å². The average molecular weight is 262 g/mol. The number of hydrogen-bond donors (Lipinski definition) is 2. The number of nitrogens with two attached hydrogens (primary N) is 1. The van der Waals surface area contributed by atoms with Gasteiger partial charge < -0.3 is 11.1 Å². The molecule has 0 heterocycles. The summed E-state index contributed by atoms with van der Waals surface area (Å²) in [5.74, 6) is -0.122. The highest BCUT2D eigenvalue weighted by Gasteiger charge is 2.23. The highest BCUT2D eigenvalue weighted by atomic mass is 16.1. The molecule has 1 aromatic rings. The van der Waals surface area contributed by atoms with Crippen molar-refractivity contribution >= 4 is 11.6 Å². The molecule has 0 aliphatic rings. The Balaban J connectivity index is 2.77. The first-order valence-corrected chi connectivity index (χ1v) is 6.80. The van der Waals surface area contributed by atoms with Crippen LogP contribution in [-0.4, -0.2) is 12.5 Å². The molecule has 1 unspecified atom stereocenters. The van der Waals surface area contributed by atoms with E-state index in [-0.39, 0.29) is 17.2 Å². The van der Waals surface area contributed by atoms with Gasteiger partial charge in [-0.15, -0.1) is 0 Å². The molecular formula is C16H26N2O. The molecule has 0 saturated heterocycles. The molecule has 0 aliphatic carbocycles. The van der Waals surface area contributed by atoms with E-state index in [1.165, 1.54) is 0 Å². The largest absolute Gasteiger partial charge is 0.330 e. The third-order valence-electron chi connectivity index (χ3n) is 3.00. The maximum Gasteiger partial charge on any atom is 0.228 e. The molecular weight excluding hydrogens is 236 g/mol. The standard InChI is InChI=1S/C16H26N2O/c1-11-6-12(2)8-14(7-11)18-15(19)13(10-17)9-16(3,4)5/h6-8,13H,9-10,17H2,1-5H3,(H,18,19). The van der Waals surface area contributed by atoms with Crippen molar-refractivity contribution in [2.24, 2.45) is 17.1 Å². The minimum atomic E-state index is -0.138. The zero-order valence-corrected chi connectivity index (χ0v) is 12.7. The molecule has 0 fully saturated rings. The monoisotopic (exact) mass is 262 g/mol. The molecule has 3 nitrogen and oxygen atoms in total. The maximum atomic E-state index is 12.3. The van der Waals surface area contributed by atoms with Crippen LogP contribution in [0.5, 0.6) is 0 Å². The van der Waals surface area contributed by atoms with Crippen LogP contribution in [0.25, 0.3) is 0 Å². The van der Waals surface area contributed by atoms with Gasteiger partial charge in [0, 0.05) is 12.2 Å². The SMILES string of the molecule is Cc1cc(C)cc(NC(=O)C(CN)CC(C)(C)C)c1. The van der Waals surface area contributed by atoms with Gasteiger partial charge in [0.15, 0.2) is 0 Å². The van der Waals surface area contributed by atoms with Gasteiger partial charge in [-0.05, 0) is 48.9 Å². The zero-order valence-electron chi connectivity index (χ0n) is 12.7. The summed E-state index contributed by atoms with van der Waals surface area (Å²) in [6.07, 6.45) is 0.792. The number of anilines is 1. The third kappa shape index (κ3) is 5.43. The smallest absolute Gasteiger partial charge is 0.228 e. The summed E-state index contributed by atoms with van der Waals surface area (Å²) in [4.78, 5) is 12.3. The van der Waals surface area contributed by atoms with E-state index >= 15 is 0 Å². The molecule has 1 atom stereocenters. The molecule has 0 spiro atoms. The van der Waals surface area contributed by atoms with Gasteiger partial charge in [0.2, 0.25) is 5.91 Å². The van der Waals surface area contributed by atoms with Gasteiger partial charge >= 0.3 is 0 Å². The highest BCUT2D eigenvalue weighted by molar-refractivity contribution is 5.92. The predicted molar refractivity (Wildman–Crippen MR) is 81.2 cm³/mol. The van der Waals surface area contributed by atoms with E-state index in [0.717, 1.165) is 23.2 Å². The first-order chi connectivity index (χ1) is 8.71. The fourth-order valence-electron chi connectivity index (χ4n) is 2.31. The van der Waals surface area contributed by atoms with E-state index in [1.54, 1.807) is 0 Å². The van der Waals surface area contributed by atoms with E-state index in [2.05, 4.69) is 32.2 Å². The lowest BCUT2D eigenvalue weighted by atomic mass is 9.84. The average Bonchev–Trinajstić information content (AvgIpc) is 2.22. The summed E-state index contributed by atoms with van der Waals surface area (Å²) >= 11 is 0. The molecule has 19 heavy (non-hydrogen) atoms. The van der Waals surface area contributed by atoms with Crippen molar-refractivity contribution in [1.29, 1.82) is 0 Å². The predicted octanol–water partition coefficient (Wildman–Crippen LogP) is 3.25. The Labute approximate surface area is 116 Å². The van der Waals surface area contributed by atoms with Gasteiger partial charge in [0.1, 0.15) is 0 Å². The van der Waals surface area contributed by atoms with Crippen molar-refractivity contribution in [3.05, 3.63) is 29.3 Å². The molecule has 1 amide bonds. The molecule has 1 rings (SSSR count). The normalized spacial score (nSPS) is 13.2. The summed E-state index contributed by atoms with van der Waals surface area (Å²) < 4.78 is 0. The van der Waals surface area contributed by atoms with E-state index in [9.17, 15) is 4.79 Å². The fraction of sp³-hybridized carbons (Fsp3) is 0.562. The summed E-state index contributed by atoms with van der Waals surface area (Å²) in [6, 6.07) is 6.05. The number of carbonyl (C=O) groups excluding carboxylic acids is 1. The third-order valence-corrected chi connectivity index (χ3v) is 3.00. The van der Waals surface area contributed by atoms with Crippen LogP contribution in [0.1, 0.15) is 38.3 Å². The highest BCUT2D eigenvalue weighted by Crippen LogP contribution is 2.25. The Bertz CT molecular complexity index is 426. The number of rotatable bonds is 4. The Kier molecular flexibility index (Phi) is 5.12. The minimum Gasteiger partial charge on any atom is -0.330 e. The van der Waals surface area contributed by atoms with Crippen LogP contribution < -0.4 is 11.1 Å². The molecule has 3 N–H and O–H groups in total. The van der Waals surface area contributed by atoms with Gasteiger partial charge in [-0.3, -0.25) is 4.79 Å². The molecule has 0 bridgehead atoms. The Hall–Kier alpha value is -1.35. The van der Waals surface area contributed by atoms with Crippen LogP contribution in [0.2, 0.25) is 0 Å². The van der Waals surface area contributed by atoms with Gasteiger partial charge in [-0.2, -0.15) is 0 Å². The lowest BCUT2D eigenvalue weighted by Gasteiger charge is -2.24. The molecule has 0 saturated carbocycles. The second-order valence-corrected chi connectivity index (χ2v) is 6.56. The number of nitrogens with one attached hydrogen (secondary N) is 1. The van der Waals surface area contributed by atoms with Crippen LogP contribution in [0.15, 0.2) is 18.2 Å². The van der Waals surface area contributed by atoms with Crippen molar-refractivity contribution in [2.45, 2.75) is 41.0 Å². The molecule has 0 radical (unpaired) electrons. The van der Waals surface area contributed by atoms with Crippen molar-refractivity contribution in [3.8, 4) is 0 Å². The topological polar surface area (TPSA) is 55.1 Å². The lowest BCUT2D eigenvalue weighted by Crippen LogP contribution is -2.32. The van der Waals surface area contributed by atoms with Gasteiger partial charge in [0.25, 0.3) is 0 Å². The molecule has 0 aromatic heterocycles. The van der Waals surface area contributed by atoms with Crippen LogP contribution in [-0.2, 0) is 4.79 Å². The summed E-state index contributed by atoms with van der Waals surface area (Å²) in [5.41, 5.74) is 8.99. The van der Waals surface area contributed by atoms with E-state index in [0.29, 0.717) is 6.54 Å². The van der Waals surface area contributed by atoms with Crippen molar-refractivity contribution in [1.82, 2.24) is 0 Å². The summed E-state index contributed by atoms with van der Waals surface area (Å²) in [7, 11) is 0. The Morgan fingerprint density at radius 1 is 1.21 bits per heavy atom. The number of carbonyl (C=O) groups is 1. The molecule has 3 heteroatoms. The maximum absolute atomic E-state index is 12.3. The van der Waals surface area contributed by atoms with Crippen LogP contribution in [0.4, 0.5) is 5.69 Å². The second-order valence-electron chi connectivity index (χ2n) is 6.56. The van der Waals surface area contributed by atoms with E-state index < -0.39 is 0 Å². The first-order valence-electron chi connectivity index (χ1n) is 6.80. The van der Waals surface area contributed by atoms with Crippen molar-refractivity contribution in [3.63, 3.8) is 0 Å². The van der Waals surface area contributed by atoms with Crippen molar-refractivity contribution < 1.29 is 4.79 Å². The lowest BCUT2D eigenvalue weighted by molar-refractivity contribution is -0.120. The van der Waals surface area contributed by atoms with Crippen LogP contribution in [0, 0.1) is 25.2 Å². The number of aryl methyl sites for hydroxylation is 2. The quantitative estimate of drug-likeness (QED) is 0.875. The molecule has 1 aromatic carbocycles. The Morgan fingerprint density at radius 3 is 2.16 bits per heavy atom. The Morgan fingerprint density at radius 2 is 1.74 bits per heavy atom. The fourth-order valence-corrected chi connectivity index (χ4v) is 2.31. The summed E-state index contributed by atoms with van der Waals surface area (Å²) in [5, 5.41) is 2.98. The van der Waals surface area contributed by atoms with Gasteiger partial charge in [-0.1, -0.05) is 26.8 Å². The molecule has 0 aliphatic heterocycles. The molecule has 106 valence electrons. The number of amides is 1. The minimum absolute atomic E-state index is 0.0161. The van der Waals surface area contributed by atoms with Gasteiger partial charge in [-0.25, -0.2) is 0 Å². The van der Waals surface area contributed by atoms with Crippen molar-refractivity contribution in [2.75, 3.05) is 11.9 Å². The van der Waals surface area contributed by atoms with Crippen LogP contribution >= 0.6 is 0 Å². The van der Waals surface area contributed by atoms with E-state index in [4.69, 9.17) is 5.73 Å². The number of benzene rings is 1. The number of hydrogen-bond acceptors (Lipinski definition) is 2. The zero-order chi connectivity index (χ0) is 14.6. The van der Waals surface area contributed by atoms with Crippen LogP contribution in [0.3, 0.4) is 0 Å².